The van der Waals surface area contributed by atoms with Crippen LogP contribution in [0.3, 0.4) is 0 Å². The lowest BCUT2D eigenvalue weighted by molar-refractivity contribution is -0.384. The fraction of sp³-hybridized carbons (Fsp3) is 0.562. The third-order valence-electron chi connectivity index (χ3n) is 4.75. The van der Waals surface area contributed by atoms with Gasteiger partial charge in [0.05, 0.1) is 35.6 Å². The molecule has 15 heteroatoms. The summed E-state index contributed by atoms with van der Waals surface area (Å²) in [4.78, 5) is 12.9. The molecule has 2 aromatic rings. The highest BCUT2D eigenvalue weighted by Gasteiger charge is 2.24. The Kier molecular flexibility index (Phi) is 9.55. The second-order valence-electron chi connectivity index (χ2n) is 6.78. The third-order valence-corrected chi connectivity index (χ3v) is 4.75. The molecular weight excluding hydrogens is 432 g/mol. The van der Waals surface area contributed by atoms with Crippen molar-refractivity contribution in [3.05, 3.63) is 34.1 Å². The number of anilines is 1. The van der Waals surface area contributed by atoms with Gasteiger partial charge in [-0.3, -0.25) is 10.1 Å². The van der Waals surface area contributed by atoms with Gasteiger partial charge in [-0.15, -0.1) is 17.5 Å². The Morgan fingerprint density at radius 2 is 2.03 bits per heavy atom. The number of benzene rings is 1. The van der Waals surface area contributed by atoms with Crippen LogP contribution in [0.25, 0.3) is 5.69 Å². The first-order chi connectivity index (χ1) is 14.5. The van der Waals surface area contributed by atoms with E-state index in [9.17, 15) is 10.1 Å². The number of tetrazole rings is 1. The summed E-state index contributed by atoms with van der Waals surface area (Å²) in [5.74, 6) is 0.383. The first-order valence-corrected chi connectivity index (χ1v) is 9.60. The van der Waals surface area contributed by atoms with Gasteiger partial charge in [0.15, 0.2) is 5.82 Å². The standard InChI is InChI=1S/C16H24BN7O6.ClH/c18-13(3-1-2-8-30-17(25)26)16-19-20-21-23(16)15-11-12(24(27)28)4-5-14(15)22-6-9-29-10-7-22;/h4-5,11,13,25-26H,1-3,6-10,18H2;1H. The molecule has 2 heterocycles. The number of aromatic nitrogens is 4. The van der Waals surface area contributed by atoms with Crippen LogP contribution in [0.1, 0.15) is 31.1 Å². The van der Waals surface area contributed by atoms with Gasteiger partial charge in [0, 0.05) is 31.8 Å². The van der Waals surface area contributed by atoms with Crippen molar-refractivity contribution in [2.45, 2.75) is 25.3 Å². The Morgan fingerprint density at radius 3 is 2.71 bits per heavy atom. The Morgan fingerprint density at radius 1 is 1.29 bits per heavy atom. The van der Waals surface area contributed by atoms with E-state index >= 15 is 0 Å². The Balaban J connectivity index is 0.00000341. The van der Waals surface area contributed by atoms with Gasteiger partial charge in [-0.05, 0) is 35.8 Å². The number of hydrogen-bond acceptors (Lipinski definition) is 11. The molecule has 0 saturated carbocycles. The van der Waals surface area contributed by atoms with Gasteiger partial charge < -0.3 is 30.1 Å². The van der Waals surface area contributed by atoms with E-state index in [1.807, 2.05) is 0 Å². The molecule has 1 fully saturated rings. The number of ether oxygens (including phenoxy) is 1. The molecule has 1 aliphatic rings. The second kappa shape index (κ2) is 11.9. The summed E-state index contributed by atoms with van der Waals surface area (Å²) >= 11 is 0. The molecule has 13 nitrogen and oxygen atoms in total. The highest BCUT2D eigenvalue weighted by atomic mass is 35.5. The Labute approximate surface area is 184 Å². The van der Waals surface area contributed by atoms with E-state index < -0.39 is 18.3 Å². The van der Waals surface area contributed by atoms with Crippen LogP contribution in [0.4, 0.5) is 11.4 Å². The molecule has 31 heavy (non-hydrogen) atoms. The average molecular weight is 458 g/mol. The minimum atomic E-state index is -1.79. The summed E-state index contributed by atoms with van der Waals surface area (Å²) in [7, 11) is -1.79. The second-order valence-corrected chi connectivity index (χ2v) is 6.78. The first kappa shape index (κ1) is 24.9. The highest BCUT2D eigenvalue weighted by molar-refractivity contribution is 6.32. The zero-order valence-corrected chi connectivity index (χ0v) is 17.6. The van der Waals surface area contributed by atoms with Crippen LogP contribution in [0, 0.1) is 10.1 Å². The average Bonchev–Trinajstić information content (AvgIpc) is 3.23. The normalized spacial score (nSPS) is 14.7. The number of nitrogens with two attached hydrogens (primary N) is 1. The summed E-state index contributed by atoms with van der Waals surface area (Å²) in [6.45, 7) is 2.59. The van der Waals surface area contributed by atoms with Gasteiger partial charge in [-0.2, -0.15) is 4.68 Å². The van der Waals surface area contributed by atoms with Crippen molar-refractivity contribution in [1.82, 2.24) is 20.2 Å². The fourth-order valence-corrected chi connectivity index (χ4v) is 3.25. The summed E-state index contributed by atoms with van der Waals surface area (Å²) in [5.41, 5.74) is 7.44. The molecule has 1 saturated heterocycles. The minimum Gasteiger partial charge on any atom is -0.402 e. The lowest BCUT2D eigenvalue weighted by Crippen LogP contribution is -2.37. The molecule has 1 aromatic heterocycles. The van der Waals surface area contributed by atoms with E-state index in [1.165, 1.54) is 16.8 Å². The topological polar surface area (TPSA) is 175 Å². The summed E-state index contributed by atoms with van der Waals surface area (Å²) in [6.07, 6.45) is 1.74. The smallest absolute Gasteiger partial charge is 0.402 e. The van der Waals surface area contributed by atoms with Crippen LogP contribution in [0.2, 0.25) is 0 Å². The largest absolute Gasteiger partial charge is 0.633 e. The van der Waals surface area contributed by atoms with Crippen molar-refractivity contribution < 1.29 is 24.4 Å². The number of non-ortho nitro benzene ring substituents is 1. The van der Waals surface area contributed by atoms with Gasteiger partial charge >= 0.3 is 7.32 Å². The molecule has 1 unspecified atom stereocenters. The Hall–Kier alpha value is -2.36. The minimum absolute atomic E-state index is 0. The molecule has 1 atom stereocenters. The van der Waals surface area contributed by atoms with E-state index in [1.54, 1.807) is 6.07 Å². The number of nitro groups is 1. The molecule has 1 aliphatic heterocycles. The molecule has 1 aromatic carbocycles. The van der Waals surface area contributed by atoms with Crippen molar-refractivity contribution in [2.75, 3.05) is 37.8 Å². The molecule has 0 amide bonds. The zero-order chi connectivity index (χ0) is 21.5. The lowest BCUT2D eigenvalue weighted by Gasteiger charge is -2.30. The van der Waals surface area contributed by atoms with Gasteiger partial charge in [-0.1, -0.05) is 0 Å². The molecule has 0 bridgehead atoms. The summed E-state index contributed by atoms with van der Waals surface area (Å²) < 4.78 is 11.5. The lowest BCUT2D eigenvalue weighted by atomic mass is 10.1. The van der Waals surface area contributed by atoms with Crippen molar-refractivity contribution in [2.24, 2.45) is 5.73 Å². The quantitative estimate of drug-likeness (QED) is 0.189. The molecule has 0 aliphatic carbocycles. The van der Waals surface area contributed by atoms with Crippen molar-refractivity contribution in [3.8, 4) is 5.69 Å². The van der Waals surface area contributed by atoms with Crippen LogP contribution in [-0.2, 0) is 9.39 Å². The van der Waals surface area contributed by atoms with Crippen LogP contribution < -0.4 is 10.6 Å². The highest BCUT2D eigenvalue weighted by Crippen LogP contribution is 2.30. The maximum Gasteiger partial charge on any atom is 0.633 e. The predicted molar refractivity (Wildman–Crippen MR) is 113 cm³/mol. The fourth-order valence-electron chi connectivity index (χ4n) is 3.25. The van der Waals surface area contributed by atoms with E-state index in [-0.39, 0.29) is 24.7 Å². The van der Waals surface area contributed by atoms with Gasteiger partial charge in [0.1, 0.15) is 0 Å². The number of rotatable bonds is 10. The van der Waals surface area contributed by atoms with E-state index in [0.29, 0.717) is 57.1 Å². The van der Waals surface area contributed by atoms with Crippen LogP contribution in [-0.4, -0.2) is 75.4 Å². The third kappa shape index (κ3) is 6.56. The maximum absolute atomic E-state index is 11.3. The van der Waals surface area contributed by atoms with E-state index in [4.69, 9.17) is 20.5 Å². The number of nitrogens with zero attached hydrogens (tertiary/aromatic N) is 6. The van der Waals surface area contributed by atoms with Gasteiger partial charge in [-0.25, -0.2) is 0 Å². The van der Waals surface area contributed by atoms with Crippen molar-refractivity contribution >= 4 is 31.1 Å². The van der Waals surface area contributed by atoms with Crippen molar-refractivity contribution in [1.29, 1.82) is 0 Å². The zero-order valence-electron chi connectivity index (χ0n) is 16.7. The number of unbranched alkanes of at least 4 members (excludes halogenated alkanes) is 1. The number of morpholine rings is 1. The Bertz CT molecular complexity index is 852. The first-order valence-electron chi connectivity index (χ1n) is 9.60. The molecule has 0 radical (unpaired) electrons. The number of hydrogen-bond donors (Lipinski definition) is 3. The van der Waals surface area contributed by atoms with Crippen LogP contribution in [0.5, 0.6) is 0 Å². The van der Waals surface area contributed by atoms with Gasteiger partial charge in [0.2, 0.25) is 0 Å². The monoisotopic (exact) mass is 457 g/mol. The SMILES string of the molecule is Cl.NC(CCCCOB(O)O)c1nnnn1-c1cc([N+](=O)[O-])ccc1N1CCOCC1. The molecule has 170 valence electrons. The summed E-state index contributed by atoms with van der Waals surface area (Å²) in [6, 6.07) is 4.06. The van der Waals surface area contributed by atoms with Gasteiger partial charge in [0.25, 0.3) is 5.69 Å². The van der Waals surface area contributed by atoms with Crippen LogP contribution in [0.15, 0.2) is 18.2 Å². The number of nitro benzene ring substituents is 1. The predicted octanol–water partition coefficient (Wildman–Crippen LogP) is -0.0149. The van der Waals surface area contributed by atoms with Crippen molar-refractivity contribution in [3.63, 3.8) is 0 Å². The van der Waals surface area contributed by atoms with E-state index in [0.717, 1.165) is 5.69 Å². The number of halogens is 1. The maximum atomic E-state index is 11.3. The molecule has 3 rings (SSSR count). The van der Waals surface area contributed by atoms with Crippen LogP contribution >= 0.6 is 12.4 Å². The molecule has 0 spiro atoms. The molecular formula is C16H25BClN7O6. The summed E-state index contributed by atoms with van der Waals surface area (Å²) in [5, 5.41) is 40.5. The molecule has 4 N–H and O–H groups in total. The van der Waals surface area contributed by atoms with E-state index in [2.05, 4.69) is 25.1 Å².